The number of ether oxygens (including phenoxy) is 1. The molecule has 0 bridgehead atoms. The Bertz CT molecular complexity index is 752. The third-order valence-electron chi connectivity index (χ3n) is 4.91. The molecular weight excluding hydrogens is 318 g/mol. The molecule has 1 saturated heterocycles. The molecule has 0 saturated carbocycles. The Hall–Kier alpha value is -2.31. The van der Waals surface area contributed by atoms with E-state index >= 15 is 0 Å². The average Bonchev–Trinajstić information content (AvgIpc) is 3.21. The monoisotopic (exact) mass is 341 g/mol. The highest BCUT2D eigenvalue weighted by atomic mass is 16.5. The second-order valence-electron chi connectivity index (χ2n) is 6.63. The number of amides is 1. The van der Waals surface area contributed by atoms with Crippen molar-refractivity contribution in [3.63, 3.8) is 0 Å². The van der Waals surface area contributed by atoms with Crippen LogP contribution >= 0.6 is 0 Å². The highest BCUT2D eigenvalue weighted by Crippen LogP contribution is 2.33. The Labute approximate surface area is 147 Å². The normalized spacial score (nSPS) is 20.5. The summed E-state index contributed by atoms with van der Waals surface area (Å²) in [7, 11) is 0. The van der Waals surface area contributed by atoms with Crippen molar-refractivity contribution >= 4 is 11.6 Å². The van der Waals surface area contributed by atoms with E-state index in [9.17, 15) is 4.79 Å². The Kier molecular flexibility index (Phi) is 4.46. The molecule has 2 aromatic rings. The van der Waals surface area contributed by atoms with Gasteiger partial charge in [0.1, 0.15) is 0 Å². The highest BCUT2D eigenvalue weighted by molar-refractivity contribution is 5.92. The summed E-state index contributed by atoms with van der Waals surface area (Å²) in [6.45, 7) is 5.53. The van der Waals surface area contributed by atoms with Gasteiger partial charge in [0.05, 0.1) is 19.5 Å². The highest BCUT2D eigenvalue weighted by Gasteiger charge is 2.28. The maximum atomic E-state index is 12.6. The summed E-state index contributed by atoms with van der Waals surface area (Å²) in [5, 5.41) is 1.88. The zero-order valence-electron chi connectivity index (χ0n) is 14.4. The van der Waals surface area contributed by atoms with Gasteiger partial charge in [-0.1, -0.05) is 18.2 Å². The molecule has 3 heterocycles. The van der Waals surface area contributed by atoms with Crippen LogP contribution in [-0.4, -0.2) is 43.3 Å². The number of furan rings is 1. The minimum atomic E-state index is -0.193. The average molecular weight is 341 g/mol. The van der Waals surface area contributed by atoms with E-state index in [4.69, 9.17) is 9.15 Å². The van der Waals surface area contributed by atoms with Gasteiger partial charge in [-0.2, -0.15) is 0 Å². The van der Waals surface area contributed by atoms with Crippen LogP contribution in [0.15, 0.2) is 41.0 Å². The molecule has 1 atom stereocenters. The summed E-state index contributed by atoms with van der Waals surface area (Å²) in [6.07, 6.45) is 2.62. The number of hydrogen-bond donors (Lipinski definition) is 1. The van der Waals surface area contributed by atoms with Crippen molar-refractivity contribution in [1.29, 1.82) is 0 Å². The molecule has 1 fully saturated rings. The van der Waals surface area contributed by atoms with Crippen LogP contribution in [0, 0.1) is 0 Å². The SMILES string of the molecule is C[C@H]1Cc2ccccc2N1Cc1ccoc1C(=O)NN1CCOCC1. The van der Waals surface area contributed by atoms with Crippen molar-refractivity contribution in [2.45, 2.75) is 25.9 Å². The van der Waals surface area contributed by atoms with Crippen LogP contribution in [0.5, 0.6) is 0 Å². The standard InChI is InChI=1S/C19H23N3O3/c1-14-12-15-4-2-3-5-17(15)22(14)13-16-6-9-25-18(16)19(23)20-21-7-10-24-11-8-21/h2-6,9,14H,7-8,10-13H2,1H3,(H,20,23)/t14-/m0/s1. The summed E-state index contributed by atoms with van der Waals surface area (Å²) in [5.41, 5.74) is 6.44. The van der Waals surface area contributed by atoms with Crippen molar-refractivity contribution in [2.24, 2.45) is 0 Å². The second kappa shape index (κ2) is 6.90. The molecule has 0 radical (unpaired) electrons. The number of para-hydroxylation sites is 1. The second-order valence-corrected chi connectivity index (χ2v) is 6.63. The number of anilines is 1. The van der Waals surface area contributed by atoms with Gasteiger partial charge in [0.2, 0.25) is 0 Å². The van der Waals surface area contributed by atoms with E-state index in [0.29, 0.717) is 44.7 Å². The van der Waals surface area contributed by atoms with Crippen molar-refractivity contribution in [3.8, 4) is 0 Å². The molecule has 2 aliphatic heterocycles. The summed E-state index contributed by atoms with van der Waals surface area (Å²) < 4.78 is 10.8. The van der Waals surface area contributed by atoms with Gasteiger partial charge in [-0.05, 0) is 31.0 Å². The first-order valence-electron chi connectivity index (χ1n) is 8.77. The van der Waals surface area contributed by atoms with Crippen LogP contribution in [0.3, 0.4) is 0 Å². The van der Waals surface area contributed by atoms with E-state index in [1.807, 2.05) is 11.1 Å². The van der Waals surface area contributed by atoms with E-state index in [1.165, 1.54) is 11.3 Å². The zero-order chi connectivity index (χ0) is 17.2. The molecule has 1 aromatic carbocycles. The molecule has 1 N–H and O–H groups in total. The van der Waals surface area contributed by atoms with Crippen molar-refractivity contribution < 1.29 is 13.9 Å². The molecule has 0 spiro atoms. The van der Waals surface area contributed by atoms with Crippen LogP contribution in [0.1, 0.15) is 28.6 Å². The molecule has 0 aliphatic carbocycles. The number of nitrogens with one attached hydrogen (secondary N) is 1. The lowest BCUT2D eigenvalue weighted by molar-refractivity contribution is 0.0117. The molecule has 1 amide bonds. The molecular formula is C19H23N3O3. The van der Waals surface area contributed by atoms with E-state index in [1.54, 1.807) is 6.26 Å². The molecule has 0 unspecified atom stereocenters. The van der Waals surface area contributed by atoms with Gasteiger partial charge in [-0.15, -0.1) is 0 Å². The fraction of sp³-hybridized carbons (Fsp3) is 0.421. The first-order valence-corrected chi connectivity index (χ1v) is 8.77. The third-order valence-corrected chi connectivity index (χ3v) is 4.91. The lowest BCUT2D eigenvalue weighted by Gasteiger charge is -2.27. The number of morpholine rings is 1. The van der Waals surface area contributed by atoms with Gasteiger partial charge in [0, 0.05) is 36.9 Å². The van der Waals surface area contributed by atoms with Crippen LogP contribution in [0.4, 0.5) is 5.69 Å². The lowest BCUT2D eigenvalue weighted by Crippen LogP contribution is -2.48. The van der Waals surface area contributed by atoms with Gasteiger partial charge < -0.3 is 14.1 Å². The molecule has 6 nitrogen and oxygen atoms in total. The lowest BCUT2D eigenvalue weighted by atomic mass is 10.1. The predicted octanol–water partition coefficient (Wildman–Crippen LogP) is 2.21. The number of rotatable bonds is 4. The van der Waals surface area contributed by atoms with Gasteiger partial charge in [0.25, 0.3) is 0 Å². The fourth-order valence-corrected chi connectivity index (χ4v) is 3.58. The summed E-state index contributed by atoms with van der Waals surface area (Å²) >= 11 is 0. The van der Waals surface area contributed by atoms with Crippen molar-refractivity contribution in [1.82, 2.24) is 10.4 Å². The minimum absolute atomic E-state index is 0.193. The number of benzene rings is 1. The smallest absolute Gasteiger partial charge is 0.301 e. The Morgan fingerprint density at radius 2 is 2.04 bits per heavy atom. The Balaban J connectivity index is 1.49. The fourth-order valence-electron chi connectivity index (χ4n) is 3.58. The topological polar surface area (TPSA) is 58.0 Å². The maximum absolute atomic E-state index is 12.6. The zero-order valence-corrected chi connectivity index (χ0v) is 14.4. The van der Waals surface area contributed by atoms with E-state index in [-0.39, 0.29) is 5.91 Å². The van der Waals surface area contributed by atoms with E-state index in [0.717, 1.165) is 12.0 Å². The molecule has 132 valence electrons. The predicted molar refractivity (Wildman–Crippen MR) is 94.4 cm³/mol. The van der Waals surface area contributed by atoms with Gasteiger partial charge in [0.15, 0.2) is 5.76 Å². The summed E-state index contributed by atoms with van der Waals surface area (Å²) in [5.74, 6) is 0.199. The Morgan fingerprint density at radius 3 is 2.88 bits per heavy atom. The quantitative estimate of drug-likeness (QED) is 0.924. The van der Waals surface area contributed by atoms with Gasteiger partial charge in [-0.25, -0.2) is 5.01 Å². The first kappa shape index (κ1) is 16.2. The van der Waals surface area contributed by atoms with E-state index < -0.39 is 0 Å². The van der Waals surface area contributed by atoms with Crippen LogP contribution in [-0.2, 0) is 17.7 Å². The molecule has 25 heavy (non-hydrogen) atoms. The van der Waals surface area contributed by atoms with Gasteiger partial charge in [-0.3, -0.25) is 10.2 Å². The number of hydrazine groups is 1. The van der Waals surface area contributed by atoms with Crippen LogP contribution in [0.25, 0.3) is 0 Å². The number of hydrogen-bond acceptors (Lipinski definition) is 5. The van der Waals surface area contributed by atoms with Gasteiger partial charge >= 0.3 is 5.91 Å². The molecule has 6 heteroatoms. The number of nitrogens with zero attached hydrogens (tertiary/aromatic N) is 2. The number of carbonyl (C=O) groups excluding carboxylic acids is 1. The summed E-state index contributed by atoms with van der Waals surface area (Å²) in [6, 6.07) is 10.8. The van der Waals surface area contributed by atoms with Crippen molar-refractivity contribution in [2.75, 3.05) is 31.2 Å². The number of fused-ring (bicyclic) bond motifs is 1. The van der Waals surface area contributed by atoms with Crippen LogP contribution in [0.2, 0.25) is 0 Å². The van der Waals surface area contributed by atoms with E-state index in [2.05, 4.69) is 41.5 Å². The molecule has 4 rings (SSSR count). The molecule has 1 aromatic heterocycles. The number of carbonyl (C=O) groups is 1. The van der Waals surface area contributed by atoms with Crippen LogP contribution < -0.4 is 10.3 Å². The maximum Gasteiger partial charge on any atom is 0.301 e. The molecule has 2 aliphatic rings. The Morgan fingerprint density at radius 1 is 1.24 bits per heavy atom. The first-order chi connectivity index (χ1) is 12.2. The minimum Gasteiger partial charge on any atom is -0.459 e. The summed E-state index contributed by atoms with van der Waals surface area (Å²) in [4.78, 5) is 14.9. The largest absolute Gasteiger partial charge is 0.459 e. The van der Waals surface area contributed by atoms with Crippen molar-refractivity contribution in [3.05, 3.63) is 53.5 Å². The third kappa shape index (κ3) is 3.27.